The number of hydrogen-bond acceptors (Lipinski definition) is 4. The van der Waals surface area contributed by atoms with Crippen LogP contribution in [0.1, 0.15) is 30.1 Å². The van der Waals surface area contributed by atoms with Crippen molar-refractivity contribution >= 4 is 11.8 Å². The molecule has 0 amide bonds. The number of fused-ring (bicyclic) bond motifs is 1. The summed E-state index contributed by atoms with van der Waals surface area (Å²) < 4.78 is 5.98. The molecular weight excluding hydrogens is 294 g/mol. The lowest BCUT2D eigenvalue weighted by Gasteiger charge is -2.26. The normalized spacial score (nSPS) is 18.7. The van der Waals surface area contributed by atoms with Gasteiger partial charge in [-0.3, -0.25) is 0 Å². The fraction of sp³-hybridized carbons (Fsp3) is 0.389. The van der Waals surface area contributed by atoms with Crippen LogP contribution in [0.4, 0.5) is 0 Å². The van der Waals surface area contributed by atoms with Crippen LogP contribution in [0.5, 0.6) is 0 Å². The predicted octanol–water partition coefficient (Wildman–Crippen LogP) is 3.63. The molecule has 116 valence electrons. The topological polar surface area (TPSA) is 42.4 Å². The Labute approximate surface area is 135 Å². The number of thioether (sulfide) groups is 1. The van der Waals surface area contributed by atoms with Gasteiger partial charge in [-0.25, -0.2) is 4.98 Å². The average Bonchev–Trinajstić information content (AvgIpc) is 2.59. The monoisotopic (exact) mass is 315 g/mol. The van der Waals surface area contributed by atoms with Crippen molar-refractivity contribution in [1.82, 2.24) is 4.98 Å². The van der Waals surface area contributed by atoms with Crippen LogP contribution in [0.2, 0.25) is 0 Å². The van der Waals surface area contributed by atoms with Gasteiger partial charge in [-0.1, -0.05) is 30.3 Å². The minimum atomic E-state index is -0.471. The molecule has 1 heterocycles. The Morgan fingerprint density at radius 2 is 2.09 bits per heavy atom. The molecule has 0 spiro atoms. The second kappa shape index (κ2) is 7.77. The highest BCUT2D eigenvalue weighted by atomic mass is 32.2. The predicted molar refractivity (Wildman–Crippen MR) is 89.0 cm³/mol. The van der Waals surface area contributed by atoms with Crippen molar-refractivity contribution in [2.45, 2.75) is 36.5 Å². The number of ether oxygens (including phenoxy) is 1. The summed E-state index contributed by atoms with van der Waals surface area (Å²) in [7, 11) is 0. The van der Waals surface area contributed by atoms with Gasteiger partial charge >= 0.3 is 0 Å². The van der Waals surface area contributed by atoms with Crippen LogP contribution >= 0.6 is 11.8 Å². The largest absolute Gasteiger partial charge is 0.390 e. The van der Waals surface area contributed by atoms with Crippen LogP contribution in [0.3, 0.4) is 0 Å². The standard InChI is InChI=1S/C18H21NO2S/c20-15(13-22-18-10-3-4-11-19-18)12-21-17-9-5-7-14-6-1-2-8-16(14)17/h1-4,6,8,10-11,15,17,20H,5,7,9,12-13H2. The Morgan fingerprint density at radius 1 is 1.23 bits per heavy atom. The highest BCUT2D eigenvalue weighted by Crippen LogP contribution is 2.32. The van der Waals surface area contributed by atoms with Crippen LogP contribution in [0, 0.1) is 0 Å². The van der Waals surface area contributed by atoms with E-state index in [-0.39, 0.29) is 6.10 Å². The molecule has 0 aliphatic heterocycles. The average molecular weight is 315 g/mol. The van der Waals surface area contributed by atoms with Crippen molar-refractivity contribution in [3.8, 4) is 0 Å². The smallest absolute Gasteiger partial charge is 0.0960 e. The van der Waals surface area contributed by atoms with Crippen molar-refractivity contribution < 1.29 is 9.84 Å². The molecular formula is C18H21NO2S. The van der Waals surface area contributed by atoms with Crippen molar-refractivity contribution in [2.75, 3.05) is 12.4 Å². The molecule has 0 fully saturated rings. The highest BCUT2D eigenvalue weighted by molar-refractivity contribution is 7.99. The van der Waals surface area contributed by atoms with Crippen molar-refractivity contribution in [3.05, 3.63) is 59.8 Å². The number of aliphatic hydroxyl groups excluding tert-OH is 1. The third kappa shape index (κ3) is 4.09. The van der Waals surface area contributed by atoms with Crippen LogP contribution in [-0.2, 0) is 11.2 Å². The van der Waals surface area contributed by atoms with E-state index in [2.05, 4.69) is 29.2 Å². The zero-order valence-electron chi connectivity index (χ0n) is 12.5. The van der Waals surface area contributed by atoms with Gasteiger partial charge < -0.3 is 9.84 Å². The summed E-state index contributed by atoms with van der Waals surface area (Å²) in [4.78, 5) is 4.24. The van der Waals surface area contributed by atoms with E-state index in [9.17, 15) is 5.11 Å². The number of benzene rings is 1. The Hall–Kier alpha value is -1.36. The lowest BCUT2D eigenvalue weighted by atomic mass is 9.89. The zero-order valence-corrected chi connectivity index (χ0v) is 13.3. The summed E-state index contributed by atoms with van der Waals surface area (Å²) in [5.41, 5.74) is 2.68. The van der Waals surface area contributed by atoms with Gasteiger partial charge in [0.15, 0.2) is 0 Å². The van der Waals surface area contributed by atoms with Crippen LogP contribution in [-0.4, -0.2) is 28.6 Å². The van der Waals surface area contributed by atoms with Gasteiger partial charge in [-0.2, -0.15) is 0 Å². The number of nitrogens with zero attached hydrogens (tertiary/aromatic N) is 1. The SMILES string of the molecule is OC(COC1CCCc2ccccc21)CSc1ccccn1. The van der Waals surface area contributed by atoms with Gasteiger partial charge in [0, 0.05) is 11.9 Å². The van der Waals surface area contributed by atoms with E-state index in [0.717, 1.165) is 24.3 Å². The first-order chi connectivity index (χ1) is 10.8. The first kappa shape index (κ1) is 15.5. The molecule has 0 radical (unpaired) electrons. The maximum absolute atomic E-state index is 10.1. The lowest BCUT2D eigenvalue weighted by Crippen LogP contribution is -2.22. The lowest BCUT2D eigenvalue weighted by molar-refractivity contribution is -0.00959. The number of hydrogen-bond donors (Lipinski definition) is 1. The number of pyridine rings is 1. The van der Waals surface area contributed by atoms with E-state index in [1.807, 2.05) is 18.2 Å². The Kier molecular flexibility index (Phi) is 5.48. The van der Waals surface area contributed by atoms with Crippen LogP contribution < -0.4 is 0 Å². The summed E-state index contributed by atoms with van der Waals surface area (Å²) >= 11 is 1.56. The van der Waals surface area contributed by atoms with Gasteiger partial charge in [0.25, 0.3) is 0 Å². The minimum absolute atomic E-state index is 0.124. The molecule has 1 aromatic heterocycles. The Bertz CT molecular complexity index is 591. The van der Waals surface area contributed by atoms with Gasteiger partial charge in [-0.15, -0.1) is 11.8 Å². The molecule has 2 unspecified atom stereocenters. The van der Waals surface area contributed by atoms with Crippen LogP contribution in [0.25, 0.3) is 0 Å². The zero-order chi connectivity index (χ0) is 15.2. The number of aromatic nitrogens is 1. The summed E-state index contributed by atoms with van der Waals surface area (Å²) in [5, 5.41) is 11.1. The molecule has 0 saturated heterocycles. The molecule has 22 heavy (non-hydrogen) atoms. The van der Waals surface area contributed by atoms with Crippen molar-refractivity contribution in [3.63, 3.8) is 0 Å². The molecule has 1 aromatic carbocycles. The fourth-order valence-electron chi connectivity index (χ4n) is 2.77. The molecule has 3 rings (SSSR count). The molecule has 2 atom stereocenters. The van der Waals surface area contributed by atoms with E-state index in [1.54, 1.807) is 18.0 Å². The van der Waals surface area contributed by atoms with Crippen molar-refractivity contribution in [1.29, 1.82) is 0 Å². The van der Waals surface area contributed by atoms with Gasteiger partial charge in [0.05, 0.1) is 23.8 Å². The fourth-order valence-corrected chi connectivity index (χ4v) is 3.54. The summed E-state index contributed by atoms with van der Waals surface area (Å²) in [6, 6.07) is 14.3. The number of aliphatic hydroxyl groups is 1. The maximum atomic E-state index is 10.1. The molecule has 0 bridgehead atoms. The molecule has 0 saturated carbocycles. The first-order valence-electron chi connectivity index (χ1n) is 7.74. The van der Waals surface area contributed by atoms with E-state index >= 15 is 0 Å². The van der Waals surface area contributed by atoms with E-state index in [0.29, 0.717) is 12.4 Å². The van der Waals surface area contributed by atoms with E-state index in [4.69, 9.17) is 4.74 Å². The third-order valence-electron chi connectivity index (χ3n) is 3.87. The first-order valence-corrected chi connectivity index (χ1v) is 8.73. The molecule has 3 nitrogen and oxygen atoms in total. The van der Waals surface area contributed by atoms with Gasteiger partial charge in [0.2, 0.25) is 0 Å². The Balaban J connectivity index is 1.48. The molecule has 2 aromatic rings. The van der Waals surface area contributed by atoms with E-state index < -0.39 is 6.10 Å². The Morgan fingerprint density at radius 3 is 2.95 bits per heavy atom. The van der Waals surface area contributed by atoms with Gasteiger partial charge in [-0.05, 0) is 42.5 Å². The number of rotatable bonds is 6. The second-order valence-corrected chi connectivity index (χ2v) is 6.59. The quantitative estimate of drug-likeness (QED) is 0.827. The van der Waals surface area contributed by atoms with Crippen molar-refractivity contribution in [2.24, 2.45) is 0 Å². The summed E-state index contributed by atoms with van der Waals surface area (Å²) in [6.07, 6.45) is 4.75. The molecule has 4 heteroatoms. The highest BCUT2D eigenvalue weighted by Gasteiger charge is 2.21. The maximum Gasteiger partial charge on any atom is 0.0960 e. The van der Waals surface area contributed by atoms with E-state index in [1.165, 1.54) is 11.1 Å². The third-order valence-corrected chi connectivity index (χ3v) is 4.95. The van der Waals surface area contributed by atoms with Crippen LogP contribution in [0.15, 0.2) is 53.7 Å². The number of aryl methyl sites for hydroxylation is 1. The minimum Gasteiger partial charge on any atom is -0.390 e. The van der Waals surface area contributed by atoms with Gasteiger partial charge in [0.1, 0.15) is 0 Å². The molecule has 1 N–H and O–H groups in total. The summed E-state index contributed by atoms with van der Waals surface area (Å²) in [6.45, 7) is 0.374. The second-order valence-electron chi connectivity index (χ2n) is 5.55. The molecule has 1 aliphatic carbocycles. The summed E-state index contributed by atoms with van der Waals surface area (Å²) in [5.74, 6) is 0.603. The molecule has 1 aliphatic rings.